The molecule has 0 unspecified atom stereocenters. The summed E-state index contributed by atoms with van der Waals surface area (Å²) in [7, 11) is 0. The van der Waals surface area contributed by atoms with E-state index in [1.165, 1.54) is 0 Å². The summed E-state index contributed by atoms with van der Waals surface area (Å²) < 4.78 is 1.92. The molecular weight excluding hydrogens is 152 g/mol. The molecule has 0 amide bonds. The van der Waals surface area contributed by atoms with Gasteiger partial charge in [-0.25, -0.2) is 0 Å². The van der Waals surface area contributed by atoms with E-state index < -0.39 is 0 Å². The summed E-state index contributed by atoms with van der Waals surface area (Å²) in [5.74, 6) is 0. The van der Waals surface area contributed by atoms with Crippen molar-refractivity contribution in [2.75, 3.05) is 0 Å². The lowest BCUT2D eigenvalue weighted by molar-refractivity contribution is 0.180. The molecule has 1 heterocycles. The Morgan fingerprint density at radius 1 is 1.50 bits per heavy atom. The number of nitrogens with zero attached hydrogens (tertiary/aromatic N) is 2. The topological polar surface area (TPSA) is 38.0 Å². The molecule has 1 aromatic heterocycles. The highest BCUT2D eigenvalue weighted by Gasteiger charge is 1.95. The van der Waals surface area contributed by atoms with Gasteiger partial charge in [-0.15, -0.1) is 0 Å². The zero-order chi connectivity index (χ0) is 8.81. The third kappa shape index (κ3) is 3.53. The zero-order valence-corrected chi connectivity index (χ0v) is 7.48. The number of aromatic nitrogens is 2. The fraction of sp³-hybridized carbons (Fsp3) is 0.667. The average molecular weight is 168 g/mol. The minimum atomic E-state index is -0.164. The second-order valence-corrected chi connectivity index (χ2v) is 3.11. The summed E-state index contributed by atoms with van der Waals surface area (Å²) in [4.78, 5) is 0. The summed E-state index contributed by atoms with van der Waals surface area (Å²) in [5, 5.41) is 13.1. The van der Waals surface area contributed by atoms with Crippen LogP contribution in [0.3, 0.4) is 0 Å². The van der Waals surface area contributed by atoms with Crippen molar-refractivity contribution in [2.24, 2.45) is 0 Å². The predicted octanol–water partition coefficient (Wildman–Crippen LogP) is 1.43. The minimum absolute atomic E-state index is 0.164. The van der Waals surface area contributed by atoms with Crippen LogP contribution in [-0.2, 0) is 6.54 Å². The summed E-state index contributed by atoms with van der Waals surface area (Å²) in [5.41, 5.74) is 0. The van der Waals surface area contributed by atoms with Crippen LogP contribution in [-0.4, -0.2) is 21.0 Å². The SMILES string of the molecule is C[C@H](O)CCCCn1cccn1. The predicted molar refractivity (Wildman–Crippen MR) is 47.8 cm³/mol. The highest BCUT2D eigenvalue weighted by molar-refractivity contribution is 4.77. The molecule has 12 heavy (non-hydrogen) atoms. The van der Waals surface area contributed by atoms with Crippen LogP contribution in [0.4, 0.5) is 0 Å². The second-order valence-electron chi connectivity index (χ2n) is 3.11. The third-order valence-electron chi connectivity index (χ3n) is 1.82. The number of rotatable bonds is 5. The van der Waals surface area contributed by atoms with Gasteiger partial charge in [0.2, 0.25) is 0 Å². The van der Waals surface area contributed by atoms with Crippen LogP contribution >= 0.6 is 0 Å². The first kappa shape index (κ1) is 9.26. The molecule has 3 heteroatoms. The largest absolute Gasteiger partial charge is 0.393 e. The van der Waals surface area contributed by atoms with Crippen molar-refractivity contribution < 1.29 is 5.11 Å². The molecule has 0 radical (unpaired) electrons. The van der Waals surface area contributed by atoms with Crippen LogP contribution in [0.1, 0.15) is 26.2 Å². The van der Waals surface area contributed by atoms with Crippen LogP contribution in [0, 0.1) is 0 Å². The Morgan fingerprint density at radius 3 is 2.92 bits per heavy atom. The Labute approximate surface area is 73.0 Å². The van der Waals surface area contributed by atoms with Gasteiger partial charge in [-0.05, 0) is 32.3 Å². The molecule has 3 nitrogen and oxygen atoms in total. The van der Waals surface area contributed by atoms with Crippen molar-refractivity contribution in [2.45, 2.75) is 38.8 Å². The van der Waals surface area contributed by atoms with E-state index in [1.54, 1.807) is 6.20 Å². The van der Waals surface area contributed by atoms with E-state index in [2.05, 4.69) is 5.10 Å². The van der Waals surface area contributed by atoms with E-state index in [4.69, 9.17) is 5.11 Å². The van der Waals surface area contributed by atoms with Crippen LogP contribution < -0.4 is 0 Å². The molecule has 1 N–H and O–H groups in total. The molecule has 0 aliphatic heterocycles. The highest BCUT2D eigenvalue weighted by Crippen LogP contribution is 2.01. The maximum Gasteiger partial charge on any atom is 0.0512 e. The number of hydrogen-bond donors (Lipinski definition) is 1. The van der Waals surface area contributed by atoms with Crippen LogP contribution in [0.5, 0.6) is 0 Å². The van der Waals surface area contributed by atoms with Gasteiger partial charge in [-0.2, -0.15) is 5.10 Å². The smallest absolute Gasteiger partial charge is 0.0512 e. The molecule has 0 spiro atoms. The molecule has 0 bridgehead atoms. The van der Waals surface area contributed by atoms with Crippen molar-refractivity contribution in [1.29, 1.82) is 0 Å². The van der Waals surface area contributed by atoms with Gasteiger partial charge in [0, 0.05) is 18.9 Å². The molecule has 1 aromatic rings. The second kappa shape index (κ2) is 4.93. The molecule has 0 aliphatic carbocycles. The van der Waals surface area contributed by atoms with Crippen molar-refractivity contribution in [3.05, 3.63) is 18.5 Å². The van der Waals surface area contributed by atoms with Gasteiger partial charge in [0.25, 0.3) is 0 Å². The van der Waals surface area contributed by atoms with Crippen LogP contribution in [0.25, 0.3) is 0 Å². The average Bonchev–Trinajstić information content (AvgIpc) is 2.49. The van der Waals surface area contributed by atoms with Gasteiger partial charge in [-0.1, -0.05) is 0 Å². The number of aryl methyl sites for hydroxylation is 1. The summed E-state index contributed by atoms with van der Waals surface area (Å²) in [6.07, 6.45) is 6.63. The lowest BCUT2D eigenvalue weighted by Gasteiger charge is -2.03. The molecule has 0 saturated heterocycles. The van der Waals surface area contributed by atoms with Gasteiger partial charge in [-0.3, -0.25) is 4.68 Å². The number of aliphatic hydroxyl groups is 1. The van der Waals surface area contributed by atoms with E-state index in [9.17, 15) is 0 Å². The van der Waals surface area contributed by atoms with Gasteiger partial charge in [0.05, 0.1) is 6.10 Å². The summed E-state index contributed by atoms with van der Waals surface area (Å²) in [6, 6.07) is 1.93. The molecule has 0 aliphatic rings. The number of hydrogen-bond acceptors (Lipinski definition) is 2. The minimum Gasteiger partial charge on any atom is -0.393 e. The van der Waals surface area contributed by atoms with E-state index in [0.717, 1.165) is 25.8 Å². The quantitative estimate of drug-likeness (QED) is 0.675. The first-order valence-electron chi connectivity index (χ1n) is 4.44. The lowest BCUT2D eigenvalue weighted by atomic mass is 10.2. The fourth-order valence-electron chi connectivity index (χ4n) is 1.15. The monoisotopic (exact) mass is 168 g/mol. The zero-order valence-electron chi connectivity index (χ0n) is 7.48. The molecule has 0 saturated carbocycles. The van der Waals surface area contributed by atoms with Crippen LogP contribution in [0.2, 0.25) is 0 Å². The maximum absolute atomic E-state index is 8.99. The van der Waals surface area contributed by atoms with Crippen molar-refractivity contribution in [1.82, 2.24) is 9.78 Å². The van der Waals surface area contributed by atoms with Crippen LogP contribution in [0.15, 0.2) is 18.5 Å². The number of aliphatic hydroxyl groups excluding tert-OH is 1. The fourth-order valence-corrected chi connectivity index (χ4v) is 1.15. The summed E-state index contributed by atoms with van der Waals surface area (Å²) >= 11 is 0. The Bertz CT molecular complexity index is 194. The normalized spacial score (nSPS) is 13.2. The molecule has 68 valence electrons. The van der Waals surface area contributed by atoms with E-state index in [1.807, 2.05) is 23.9 Å². The molecule has 0 aromatic carbocycles. The Kier molecular flexibility index (Phi) is 3.80. The molecule has 1 rings (SSSR count). The third-order valence-corrected chi connectivity index (χ3v) is 1.82. The summed E-state index contributed by atoms with van der Waals surface area (Å²) in [6.45, 7) is 2.79. The van der Waals surface area contributed by atoms with Crippen molar-refractivity contribution in [3.8, 4) is 0 Å². The molecule has 0 fully saturated rings. The maximum atomic E-state index is 8.99. The Hall–Kier alpha value is -0.830. The van der Waals surface area contributed by atoms with Gasteiger partial charge < -0.3 is 5.11 Å². The first-order valence-corrected chi connectivity index (χ1v) is 4.44. The van der Waals surface area contributed by atoms with E-state index in [-0.39, 0.29) is 6.10 Å². The van der Waals surface area contributed by atoms with E-state index in [0.29, 0.717) is 0 Å². The highest BCUT2D eigenvalue weighted by atomic mass is 16.3. The van der Waals surface area contributed by atoms with Crippen molar-refractivity contribution in [3.63, 3.8) is 0 Å². The number of unbranched alkanes of at least 4 members (excludes halogenated alkanes) is 1. The molecule has 1 atom stereocenters. The van der Waals surface area contributed by atoms with Gasteiger partial charge >= 0.3 is 0 Å². The van der Waals surface area contributed by atoms with Gasteiger partial charge in [0.15, 0.2) is 0 Å². The lowest BCUT2D eigenvalue weighted by Crippen LogP contribution is -2.02. The van der Waals surface area contributed by atoms with Gasteiger partial charge in [0.1, 0.15) is 0 Å². The standard InChI is InChI=1S/C9H16N2O/c1-9(12)5-2-3-7-11-8-4-6-10-11/h4,6,8-9,12H,2-3,5,7H2,1H3/t9-/m0/s1. The van der Waals surface area contributed by atoms with E-state index >= 15 is 0 Å². The first-order chi connectivity index (χ1) is 5.79. The molecular formula is C9H16N2O. The van der Waals surface area contributed by atoms with Crippen molar-refractivity contribution >= 4 is 0 Å². The Balaban J connectivity index is 2.04. The Morgan fingerprint density at radius 2 is 2.33 bits per heavy atom.